The van der Waals surface area contributed by atoms with Gasteiger partial charge in [-0.25, -0.2) is 18.0 Å². The van der Waals surface area contributed by atoms with Crippen LogP contribution < -0.4 is 5.32 Å². The van der Waals surface area contributed by atoms with E-state index in [1.54, 1.807) is 0 Å². The van der Waals surface area contributed by atoms with E-state index in [9.17, 15) is 27.9 Å². The fourth-order valence-corrected chi connectivity index (χ4v) is 2.14. The molecule has 0 aromatic heterocycles. The fourth-order valence-electron chi connectivity index (χ4n) is 2.14. The molecule has 1 amide bonds. The quantitative estimate of drug-likeness (QED) is 0.851. The summed E-state index contributed by atoms with van der Waals surface area (Å²) in [6.07, 6.45) is -0.466. The summed E-state index contributed by atoms with van der Waals surface area (Å²) in [4.78, 5) is 23.2. The maximum atomic E-state index is 13.5. The van der Waals surface area contributed by atoms with Gasteiger partial charge in [0.2, 0.25) is 5.91 Å². The number of carbonyl (C=O) groups excluding carboxylic acids is 1. The normalized spacial score (nSPS) is 11.8. The van der Waals surface area contributed by atoms with E-state index in [1.807, 2.05) is 0 Å². The minimum Gasteiger partial charge on any atom is -0.480 e. The molecule has 126 valence electrons. The van der Waals surface area contributed by atoms with Gasteiger partial charge in [-0.1, -0.05) is 18.2 Å². The van der Waals surface area contributed by atoms with Crippen LogP contribution in [0.1, 0.15) is 11.1 Å². The first-order chi connectivity index (χ1) is 11.3. The Labute approximate surface area is 135 Å². The van der Waals surface area contributed by atoms with Crippen molar-refractivity contribution in [2.75, 3.05) is 0 Å². The van der Waals surface area contributed by atoms with Gasteiger partial charge < -0.3 is 10.4 Å². The second kappa shape index (κ2) is 7.63. The molecule has 2 aromatic rings. The lowest BCUT2D eigenvalue weighted by molar-refractivity contribution is -0.141. The molecule has 0 aliphatic rings. The number of carbonyl (C=O) groups is 2. The van der Waals surface area contributed by atoms with E-state index in [2.05, 4.69) is 5.32 Å². The predicted molar refractivity (Wildman–Crippen MR) is 79.7 cm³/mol. The lowest BCUT2D eigenvalue weighted by atomic mass is 10.1. The number of rotatable bonds is 6. The number of benzene rings is 2. The Balaban J connectivity index is 2.02. The van der Waals surface area contributed by atoms with E-state index < -0.39 is 41.8 Å². The monoisotopic (exact) mass is 337 g/mol. The number of hydrogen-bond acceptors (Lipinski definition) is 2. The van der Waals surface area contributed by atoms with E-state index in [-0.39, 0.29) is 12.0 Å². The van der Waals surface area contributed by atoms with Crippen LogP contribution in [0, 0.1) is 17.5 Å². The Morgan fingerprint density at radius 2 is 1.62 bits per heavy atom. The molecule has 0 saturated carbocycles. The first-order valence-corrected chi connectivity index (χ1v) is 7.05. The van der Waals surface area contributed by atoms with Gasteiger partial charge in [-0.05, 0) is 29.3 Å². The van der Waals surface area contributed by atoms with Gasteiger partial charge in [-0.15, -0.1) is 0 Å². The van der Waals surface area contributed by atoms with Crippen molar-refractivity contribution in [1.82, 2.24) is 5.32 Å². The van der Waals surface area contributed by atoms with E-state index >= 15 is 0 Å². The Morgan fingerprint density at radius 3 is 2.21 bits per heavy atom. The molecule has 0 aliphatic heterocycles. The van der Waals surface area contributed by atoms with Crippen LogP contribution in [-0.4, -0.2) is 23.0 Å². The smallest absolute Gasteiger partial charge is 0.326 e. The molecule has 0 saturated heterocycles. The van der Waals surface area contributed by atoms with Crippen LogP contribution in [0.3, 0.4) is 0 Å². The summed E-state index contributed by atoms with van der Waals surface area (Å²) >= 11 is 0. The van der Waals surface area contributed by atoms with Crippen molar-refractivity contribution in [1.29, 1.82) is 0 Å². The summed E-state index contributed by atoms with van der Waals surface area (Å²) < 4.78 is 39.2. The molecule has 2 aromatic carbocycles. The summed E-state index contributed by atoms with van der Waals surface area (Å²) in [5.74, 6) is -4.09. The van der Waals surface area contributed by atoms with Crippen molar-refractivity contribution >= 4 is 11.9 Å². The summed E-state index contributed by atoms with van der Waals surface area (Å²) in [6.45, 7) is 0. The number of carboxylic acids is 1. The van der Waals surface area contributed by atoms with Gasteiger partial charge >= 0.3 is 5.97 Å². The molecule has 0 radical (unpaired) electrons. The summed E-state index contributed by atoms with van der Waals surface area (Å²) in [5.41, 5.74) is 0.483. The van der Waals surface area contributed by atoms with Gasteiger partial charge in [0.25, 0.3) is 0 Å². The van der Waals surface area contributed by atoms with Gasteiger partial charge in [0.15, 0.2) is 0 Å². The zero-order valence-corrected chi connectivity index (χ0v) is 12.4. The highest BCUT2D eigenvalue weighted by molar-refractivity contribution is 5.85. The molecule has 7 heteroatoms. The number of halogens is 3. The topological polar surface area (TPSA) is 66.4 Å². The minimum atomic E-state index is -1.27. The van der Waals surface area contributed by atoms with Gasteiger partial charge in [0.05, 0.1) is 6.42 Å². The highest BCUT2D eigenvalue weighted by Crippen LogP contribution is 2.11. The third kappa shape index (κ3) is 4.84. The van der Waals surface area contributed by atoms with Crippen molar-refractivity contribution in [3.63, 3.8) is 0 Å². The average Bonchev–Trinajstić information content (AvgIpc) is 2.51. The lowest BCUT2D eigenvalue weighted by Gasteiger charge is -2.15. The minimum absolute atomic E-state index is 0.0418. The molecule has 2 N–H and O–H groups in total. The fraction of sp³-hybridized carbons (Fsp3) is 0.176. The largest absolute Gasteiger partial charge is 0.480 e. The van der Waals surface area contributed by atoms with Crippen LogP contribution in [0.15, 0.2) is 42.5 Å². The first-order valence-electron chi connectivity index (χ1n) is 7.05. The number of amides is 1. The van der Waals surface area contributed by atoms with Crippen molar-refractivity contribution in [2.45, 2.75) is 18.9 Å². The SMILES string of the molecule is O=C(Cc1ccc(F)cc1F)N[C@H](Cc1ccc(F)cc1)C(=O)O. The Bertz CT molecular complexity index is 747. The van der Waals surface area contributed by atoms with E-state index in [0.717, 1.165) is 12.1 Å². The second-order valence-corrected chi connectivity index (χ2v) is 5.20. The third-order valence-corrected chi connectivity index (χ3v) is 3.35. The second-order valence-electron chi connectivity index (χ2n) is 5.20. The molecule has 0 unspecified atom stereocenters. The summed E-state index contributed by atoms with van der Waals surface area (Å²) in [7, 11) is 0. The highest BCUT2D eigenvalue weighted by atomic mass is 19.1. The highest BCUT2D eigenvalue weighted by Gasteiger charge is 2.21. The van der Waals surface area contributed by atoms with Crippen LogP contribution in [0.4, 0.5) is 13.2 Å². The van der Waals surface area contributed by atoms with Crippen LogP contribution >= 0.6 is 0 Å². The Kier molecular flexibility index (Phi) is 5.57. The zero-order valence-electron chi connectivity index (χ0n) is 12.4. The molecule has 0 spiro atoms. The molecule has 4 nitrogen and oxygen atoms in total. The van der Waals surface area contributed by atoms with Crippen LogP contribution in [-0.2, 0) is 22.4 Å². The van der Waals surface area contributed by atoms with Crippen LogP contribution in [0.5, 0.6) is 0 Å². The van der Waals surface area contributed by atoms with Crippen molar-refractivity contribution < 1.29 is 27.9 Å². The number of aliphatic carboxylic acids is 1. The summed E-state index contributed by atoms with van der Waals surface area (Å²) in [5, 5.41) is 11.5. The van der Waals surface area contributed by atoms with Crippen molar-refractivity contribution in [2.24, 2.45) is 0 Å². The Morgan fingerprint density at radius 1 is 1.00 bits per heavy atom. The maximum Gasteiger partial charge on any atom is 0.326 e. The van der Waals surface area contributed by atoms with Gasteiger partial charge in [0, 0.05) is 12.5 Å². The van der Waals surface area contributed by atoms with Crippen LogP contribution in [0.25, 0.3) is 0 Å². The number of carboxylic acid groups (broad SMARTS) is 1. The maximum absolute atomic E-state index is 13.5. The van der Waals surface area contributed by atoms with Crippen molar-refractivity contribution in [3.8, 4) is 0 Å². The standard InChI is InChI=1S/C17H14F3NO3/c18-12-4-1-10(2-5-12)7-15(17(23)24)21-16(22)8-11-3-6-13(19)9-14(11)20/h1-6,9,15H,7-8H2,(H,21,22)(H,23,24)/t15-/m1/s1. The van der Waals surface area contributed by atoms with Gasteiger partial charge in [0.1, 0.15) is 23.5 Å². The Hall–Kier alpha value is -2.83. The molecule has 0 heterocycles. The average molecular weight is 337 g/mol. The van der Waals surface area contributed by atoms with E-state index in [4.69, 9.17) is 0 Å². The van der Waals surface area contributed by atoms with Crippen molar-refractivity contribution in [3.05, 3.63) is 71.0 Å². The number of nitrogens with one attached hydrogen (secondary N) is 1. The molecule has 0 fully saturated rings. The molecule has 2 rings (SSSR count). The summed E-state index contributed by atoms with van der Waals surface area (Å²) in [6, 6.07) is 6.74. The molecular weight excluding hydrogens is 323 g/mol. The molecule has 24 heavy (non-hydrogen) atoms. The molecule has 0 bridgehead atoms. The third-order valence-electron chi connectivity index (χ3n) is 3.35. The van der Waals surface area contributed by atoms with Crippen LogP contribution in [0.2, 0.25) is 0 Å². The van der Waals surface area contributed by atoms with Gasteiger partial charge in [-0.3, -0.25) is 4.79 Å². The van der Waals surface area contributed by atoms with Gasteiger partial charge in [-0.2, -0.15) is 0 Å². The molecule has 0 aliphatic carbocycles. The number of hydrogen-bond donors (Lipinski definition) is 2. The molecular formula is C17H14F3NO3. The zero-order chi connectivity index (χ0) is 17.7. The van der Waals surface area contributed by atoms with E-state index in [1.165, 1.54) is 24.3 Å². The lowest BCUT2D eigenvalue weighted by Crippen LogP contribution is -2.43. The first kappa shape index (κ1) is 17.5. The van der Waals surface area contributed by atoms with E-state index in [0.29, 0.717) is 11.6 Å². The molecule has 1 atom stereocenters. The predicted octanol–water partition coefficient (Wildman–Crippen LogP) is 2.46.